The number of quaternary nitrogens is 1. The van der Waals surface area contributed by atoms with E-state index < -0.39 is 0 Å². The Morgan fingerprint density at radius 1 is 1.14 bits per heavy atom. The molecule has 0 aromatic rings. The quantitative estimate of drug-likeness (QED) is 0.715. The molecule has 2 rings (SSSR count). The summed E-state index contributed by atoms with van der Waals surface area (Å²) in [7, 11) is 0. The summed E-state index contributed by atoms with van der Waals surface area (Å²) in [6, 6.07) is 0.280. The van der Waals surface area contributed by atoms with Crippen molar-refractivity contribution in [1.82, 2.24) is 10.6 Å². The molecule has 1 aliphatic carbocycles. The summed E-state index contributed by atoms with van der Waals surface area (Å²) in [4.78, 5) is 25.1. The zero-order valence-corrected chi connectivity index (χ0v) is 13.4. The van der Waals surface area contributed by atoms with Crippen molar-refractivity contribution in [3.63, 3.8) is 0 Å². The molecule has 5 heteroatoms. The van der Waals surface area contributed by atoms with Crippen LogP contribution in [-0.2, 0) is 4.79 Å². The fraction of sp³-hybridized carbons (Fsp3) is 0.875. The van der Waals surface area contributed by atoms with Gasteiger partial charge in [-0.3, -0.25) is 10.1 Å². The predicted octanol–water partition coefficient (Wildman–Crippen LogP) is 0.706. The number of carbonyl (C=O) groups excluding carboxylic acids is 2. The van der Waals surface area contributed by atoms with Crippen LogP contribution >= 0.6 is 0 Å². The number of piperidine rings is 1. The molecule has 1 unspecified atom stereocenters. The van der Waals surface area contributed by atoms with Crippen molar-refractivity contribution in [2.45, 2.75) is 58.4 Å². The molecular weight excluding hydrogens is 266 g/mol. The van der Waals surface area contributed by atoms with Gasteiger partial charge < -0.3 is 10.2 Å². The van der Waals surface area contributed by atoms with Crippen molar-refractivity contribution in [1.29, 1.82) is 0 Å². The van der Waals surface area contributed by atoms with Crippen molar-refractivity contribution in [3.05, 3.63) is 0 Å². The van der Waals surface area contributed by atoms with Gasteiger partial charge in [-0.1, -0.05) is 20.3 Å². The van der Waals surface area contributed by atoms with Crippen molar-refractivity contribution >= 4 is 11.9 Å². The number of amides is 3. The maximum Gasteiger partial charge on any atom is 0.321 e. The van der Waals surface area contributed by atoms with Crippen LogP contribution < -0.4 is 15.5 Å². The van der Waals surface area contributed by atoms with Crippen LogP contribution in [0.1, 0.15) is 52.4 Å². The van der Waals surface area contributed by atoms with Crippen LogP contribution in [0.2, 0.25) is 0 Å². The second kappa shape index (κ2) is 7.78. The van der Waals surface area contributed by atoms with Crippen molar-refractivity contribution in [2.24, 2.45) is 11.8 Å². The van der Waals surface area contributed by atoms with E-state index in [1.807, 2.05) is 13.8 Å². The summed E-state index contributed by atoms with van der Waals surface area (Å²) in [5.41, 5.74) is 0. The zero-order valence-electron chi connectivity index (χ0n) is 13.4. The highest BCUT2D eigenvalue weighted by atomic mass is 16.2. The summed E-state index contributed by atoms with van der Waals surface area (Å²) in [5, 5.41) is 5.19. The van der Waals surface area contributed by atoms with Crippen molar-refractivity contribution in [2.75, 3.05) is 19.6 Å². The van der Waals surface area contributed by atoms with Gasteiger partial charge in [0.05, 0.1) is 12.6 Å². The number of rotatable bonds is 4. The van der Waals surface area contributed by atoms with Crippen LogP contribution in [-0.4, -0.2) is 37.6 Å². The van der Waals surface area contributed by atoms with E-state index in [2.05, 4.69) is 10.6 Å². The molecule has 3 amide bonds. The monoisotopic (exact) mass is 296 g/mol. The number of imide groups is 1. The summed E-state index contributed by atoms with van der Waals surface area (Å²) in [5.74, 6) is 1.05. The molecule has 120 valence electrons. The molecule has 0 aromatic heterocycles. The Morgan fingerprint density at radius 3 is 2.62 bits per heavy atom. The Labute approximate surface area is 127 Å². The van der Waals surface area contributed by atoms with Crippen LogP contribution in [0.3, 0.4) is 0 Å². The van der Waals surface area contributed by atoms with Gasteiger partial charge in [0.15, 0.2) is 6.54 Å². The Morgan fingerprint density at radius 2 is 1.86 bits per heavy atom. The molecule has 1 saturated heterocycles. The average Bonchev–Trinajstić information content (AvgIpc) is 2.45. The lowest BCUT2D eigenvalue weighted by atomic mass is 9.78. The maximum atomic E-state index is 12.0. The van der Waals surface area contributed by atoms with Gasteiger partial charge in [0, 0.05) is 12.5 Å². The summed E-state index contributed by atoms with van der Waals surface area (Å²) in [6.45, 7) is 6.17. The first kappa shape index (κ1) is 16.3. The fourth-order valence-electron chi connectivity index (χ4n) is 3.80. The zero-order chi connectivity index (χ0) is 15.2. The summed E-state index contributed by atoms with van der Waals surface area (Å²) >= 11 is 0. The van der Waals surface area contributed by atoms with E-state index in [4.69, 9.17) is 0 Å². The molecule has 3 atom stereocenters. The van der Waals surface area contributed by atoms with E-state index >= 15 is 0 Å². The van der Waals surface area contributed by atoms with Crippen LogP contribution in [0.15, 0.2) is 0 Å². The molecule has 1 aliphatic heterocycles. The number of urea groups is 1. The van der Waals surface area contributed by atoms with Gasteiger partial charge in [-0.25, -0.2) is 4.79 Å². The molecular formula is C16H30N3O2+. The van der Waals surface area contributed by atoms with E-state index in [0.29, 0.717) is 25.0 Å². The number of carbonyl (C=O) groups is 2. The highest BCUT2D eigenvalue weighted by molar-refractivity contribution is 5.94. The fourth-order valence-corrected chi connectivity index (χ4v) is 3.80. The standard InChI is InChI=1S/C16H29N3O2/c1-12(2)10-17-16(21)18-15(20)11-19-9-5-7-13-6-3-4-8-14(13)19/h12-14H,3-11H2,1-2H3,(H2,17,18,20,21)/p+1/t13-,14+/m1/s1. The molecule has 1 saturated carbocycles. The van der Waals surface area contributed by atoms with Crippen molar-refractivity contribution in [3.8, 4) is 0 Å². The maximum absolute atomic E-state index is 12.0. The molecule has 3 N–H and O–H groups in total. The molecule has 1 heterocycles. The highest BCUT2D eigenvalue weighted by Gasteiger charge is 2.37. The van der Waals surface area contributed by atoms with Crippen molar-refractivity contribution < 1.29 is 14.5 Å². The summed E-state index contributed by atoms with van der Waals surface area (Å²) in [6.07, 6.45) is 7.74. The van der Waals surface area contributed by atoms with Gasteiger partial charge in [0.25, 0.3) is 5.91 Å². The molecule has 21 heavy (non-hydrogen) atoms. The van der Waals surface area contributed by atoms with Gasteiger partial charge >= 0.3 is 6.03 Å². The van der Waals surface area contributed by atoms with Gasteiger partial charge in [0.1, 0.15) is 0 Å². The second-order valence-corrected chi connectivity index (χ2v) is 7.03. The smallest absolute Gasteiger partial charge is 0.321 e. The van der Waals surface area contributed by atoms with Crippen LogP contribution in [0.5, 0.6) is 0 Å². The topological polar surface area (TPSA) is 62.6 Å². The number of hydrogen-bond acceptors (Lipinski definition) is 2. The molecule has 0 radical (unpaired) electrons. The van der Waals surface area contributed by atoms with E-state index in [1.165, 1.54) is 43.4 Å². The highest BCUT2D eigenvalue weighted by Crippen LogP contribution is 2.28. The number of fused-ring (bicyclic) bond motifs is 1. The first-order valence-corrected chi connectivity index (χ1v) is 8.48. The van der Waals surface area contributed by atoms with Crippen LogP contribution in [0, 0.1) is 11.8 Å². The predicted molar refractivity (Wildman–Crippen MR) is 82.1 cm³/mol. The normalized spacial score (nSPS) is 28.8. The lowest BCUT2D eigenvalue weighted by molar-refractivity contribution is -0.928. The first-order chi connectivity index (χ1) is 10.1. The third-order valence-corrected chi connectivity index (χ3v) is 4.82. The van der Waals surface area contributed by atoms with Gasteiger partial charge in [0.2, 0.25) is 0 Å². The Balaban J connectivity index is 1.77. The first-order valence-electron chi connectivity index (χ1n) is 8.48. The minimum absolute atomic E-state index is 0.141. The molecule has 0 spiro atoms. The lowest BCUT2D eigenvalue weighted by Crippen LogP contribution is -3.18. The van der Waals surface area contributed by atoms with E-state index in [-0.39, 0.29) is 11.9 Å². The van der Waals surface area contributed by atoms with Gasteiger partial charge in [-0.05, 0) is 38.0 Å². The number of likely N-dealkylation sites (tertiary alicyclic amines) is 1. The Kier molecular flexibility index (Phi) is 6.03. The van der Waals surface area contributed by atoms with E-state index in [0.717, 1.165) is 12.5 Å². The molecule has 2 fully saturated rings. The van der Waals surface area contributed by atoms with Crippen LogP contribution in [0.25, 0.3) is 0 Å². The molecule has 2 aliphatic rings. The van der Waals surface area contributed by atoms with Crippen LogP contribution in [0.4, 0.5) is 4.79 Å². The second-order valence-electron chi connectivity index (χ2n) is 7.03. The lowest BCUT2D eigenvalue weighted by Gasteiger charge is -2.40. The molecule has 5 nitrogen and oxygen atoms in total. The van der Waals surface area contributed by atoms with E-state index in [1.54, 1.807) is 0 Å². The minimum atomic E-state index is -0.356. The molecule has 0 aromatic carbocycles. The Bertz CT molecular complexity index is 369. The number of hydrogen-bond donors (Lipinski definition) is 3. The average molecular weight is 296 g/mol. The third-order valence-electron chi connectivity index (χ3n) is 4.82. The SMILES string of the molecule is CC(C)CNC(=O)NC(=O)C[NH+]1CCC[C@H]2CCCC[C@@H]21. The largest absolute Gasteiger partial charge is 0.338 e. The van der Waals surface area contributed by atoms with E-state index in [9.17, 15) is 9.59 Å². The van der Waals surface area contributed by atoms with Gasteiger partial charge in [-0.2, -0.15) is 0 Å². The minimum Gasteiger partial charge on any atom is -0.338 e. The van der Waals surface area contributed by atoms with Gasteiger partial charge in [-0.15, -0.1) is 0 Å². The summed E-state index contributed by atoms with van der Waals surface area (Å²) < 4.78 is 0. The Hall–Kier alpha value is -1.10. The third kappa shape index (κ3) is 4.99. The number of nitrogens with one attached hydrogen (secondary N) is 3. The molecule has 0 bridgehead atoms.